The van der Waals surface area contributed by atoms with Crippen molar-refractivity contribution in [2.75, 3.05) is 74.8 Å². The van der Waals surface area contributed by atoms with Crippen molar-refractivity contribution in [2.24, 2.45) is 0 Å². The molecule has 12 nitrogen and oxygen atoms in total. The summed E-state index contributed by atoms with van der Waals surface area (Å²) < 4.78 is 26.8. The van der Waals surface area contributed by atoms with Gasteiger partial charge in [-0.3, -0.25) is 4.79 Å². The Labute approximate surface area is 248 Å². The van der Waals surface area contributed by atoms with Crippen LogP contribution in [-0.4, -0.2) is 95.1 Å². The molecule has 0 aliphatic carbocycles. The van der Waals surface area contributed by atoms with Crippen LogP contribution in [0.1, 0.15) is 22.0 Å². The monoisotopic (exact) mass is 588 g/mol. The summed E-state index contributed by atoms with van der Waals surface area (Å²) in [6, 6.07) is 10.5. The normalized spacial score (nSPS) is 17.3. The first kappa shape index (κ1) is 28.4. The van der Waals surface area contributed by atoms with Gasteiger partial charge in [0, 0.05) is 61.6 Å². The standard InChI is InChI=1S/C30H33FN8O4/c1-20(18-40)36-9-11-37(12-10-36)23-5-3-22(4-6-23)34-29(41)25-17-33-39-8-7-27(35-28(25)39)38-13-14-43-19-26(38)24-15-21(31)16-32-30(24)42-2/h3-8,15-17,26,40H,1,9-14,18-19H2,2H3,(H,34,41). The van der Waals surface area contributed by atoms with Crippen molar-refractivity contribution in [3.63, 3.8) is 0 Å². The van der Waals surface area contributed by atoms with E-state index < -0.39 is 11.9 Å². The number of nitrogens with one attached hydrogen (secondary N) is 1. The number of amides is 1. The number of rotatable bonds is 8. The number of aliphatic hydroxyl groups excluding tert-OH is 1. The third kappa shape index (κ3) is 5.81. The molecule has 13 heteroatoms. The summed E-state index contributed by atoms with van der Waals surface area (Å²) in [7, 11) is 1.49. The van der Waals surface area contributed by atoms with Gasteiger partial charge in [0.25, 0.3) is 5.91 Å². The highest BCUT2D eigenvalue weighted by atomic mass is 19.1. The summed E-state index contributed by atoms with van der Waals surface area (Å²) in [5.41, 5.74) is 3.71. The number of anilines is 3. The van der Waals surface area contributed by atoms with E-state index in [-0.39, 0.29) is 12.5 Å². The molecule has 43 heavy (non-hydrogen) atoms. The number of ether oxygens (including phenoxy) is 2. The van der Waals surface area contributed by atoms with Gasteiger partial charge in [-0.1, -0.05) is 6.58 Å². The van der Waals surface area contributed by atoms with Gasteiger partial charge >= 0.3 is 0 Å². The van der Waals surface area contributed by atoms with E-state index in [2.05, 4.69) is 31.8 Å². The van der Waals surface area contributed by atoms with E-state index in [0.29, 0.717) is 53.9 Å². The van der Waals surface area contributed by atoms with E-state index in [4.69, 9.17) is 14.5 Å². The summed E-state index contributed by atoms with van der Waals surface area (Å²) in [5, 5.41) is 16.6. The van der Waals surface area contributed by atoms with E-state index >= 15 is 0 Å². The third-order valence-electron chi connectivity index (χ3n) is 7.82. The summed E-state index contributed by atoms with van der Waals surface area (Å²) in [6.45, 7) is 8.34. The molecule has 4 aromatic rings. The molecule has 2 fully saturated rings. The molecular formula is C30H33FN8O4. The first-order chi connectivity index (χ1) is 20.9. The van der Waals surface area contributed by atoms with Crippen LogP contribution in [0.25, 0.3) is 5.65 Å². The fourth-order valence-corrected chi connectivity index (χ4v) is 5.50. The first-order valence-corrected chi connectivity index (χ1v) is 14.0. The maximum absolute atomic E-state index is 14.2. The van der Waals surface area contributed by atoms with Gasteiger partial charge in [0.05, 0.1) is 45.4 Å². The molecule has 1 unspecified atom stereocenters. The second-order valence-corrected chi connectivity index (χ2v) is 10.3. The lowest BCUT2D eigenvalue weighted by Crippen LogP contribution is -2.46. The van der Waals surface area contributed by atoms with Crippen LogP contribution in [0.3, 0.4) is 0 Å². The molecule has 1 atom stereocenters. The van der Waals surface area contributed by atoms with Crippen LogP contribution in [0.2, 0.25) is 0 Å². The Kier molecular flexibility index (Phi) is 8.07. The predicted molar refractivity (Wildman–Crippen MR) is 159 cm³/mol. The first-order valence-electron chi connectivity index (χ1n) is 14.0. The highest BCUT2D eigenvalue weighted by Crippen LogP contribution is 2.34. The Bertz CT molecular complexity index is 1620. The molecule has 2 saturated heterocycles. The number of morpholine rings is 1. The second-order valence-electron chi connectivity index (χ2n) is 10.3. The van der Waals surface area contributed by atoms with Crippen LogP contribution in [0, 0.1) is 5.82 Å². The van der Waals surface area contributed by atoms with Crippen molar-refractivity contribution in [1.29, 1.82) is 0 Å². The zero-order valence-electron chi connectivity index (χ0n) is 23.8. The topological polar surface area (TPSA) is 121 Å². The Morgan fingerprint density at radius 3 is 2.70 bits per heavy atom. The molecule has 6 rings (SSSR count). The van der Waals surface area contributed by atoms with Crippen molar-refractivity contribution < 1.29 is 23.8 Å². The SMILES string of the molecule is C=C(CO)N1CCN(c2ccc(NC(=O)c3cnn4ccc(N5CCOCC5c5cc(F)cnc5OC)nc34)cc2)CC1. The van der Waals surface area contributed by atoms with Crippen LogP contribution in [-0.2, 0) is 4.74 Å². The van der Waals surface area contributed by atoms with Crippen LogP contribution >= 0.6 is 0 Å². The van der Waals surface area contributed by atoms with Crippen molar-refractivity contribution >= 4 is 28.7 Å². The number of halogens is 1. The molecule has 224 valence electrons. The molecule has 0 bridgehead atoms. The smallest absolute Gasteiger partial charge is 0.261 e. The number of hydrogen-bond acceptors (Lipinski definition) is 10. The summed E-state index contributed by atoms with van der Waals surface area (Å²) in [4.78, 5) is 28.6. The molecule has 2 aliphatic heterocycles. The van der Waals surface area contributed by atoms with Crippen LogP contribution < -0.4 is 19.9 Å². The lowest BCUT2D eigenvalue weighted by Gasteiger charge is -2.37. The number of carbonyl (C=O) groups excluding carboxylic acids is 1. The molecule has 1 amide bonds. The van der Waals surface area contributed by atoms with Crippen molar-refractivity contribution in [3.05, 3.63) is 84.2 Å². The van der Waals surface area contributed by atoms with Crippen molar-refractivity contribution in [2.45, 2.75) is 6.04 Å². The lowest BCUT2D eigenvalue weighted by molar-refractivity contribution is 0.0926. The molecule has 2 aliphatic rings. The summed E-state index contributed by atoms with van der Waals surface area (Å²) in [6.07, 6.45) is 4.35. The molecule has 0 radical (unpaired) electrons. The van der Waals surface area contributed by atoms with E-state index in [0.717, 1.165) is 43.8 Å². The summed E-state index contributed by atoms with van der Waals surface area (Å²) in [5.74, 6) is 0.0967. The highest BCUT2D eigenvalue weighted by molar-refractivity contribution is 6.08. The number of carbonyl (C=O) groups is 1. The van der Waals surface area contributed by atoms with E-state index in [1.165, 1.54) is 19.4 Å². The number of nitrogens with zero attached hydrogens (tertiary/aromatic N) is 7. The average Bonchev–Trinajstić information content (AvgIpc) is 3.48. The average molecular weight is 589 g/mol. The summed E-state index contributed by atoms with van der Waals surface area (Å²) >= 11 is 0. The van der Waals surface area contributed by atoms with E-state index in [9.17, 15) is 14.3 Å². The van der Waals surface area contributed by atoms with Gasteiger partial charge in [-0.15, -0.1) is 0 Å². The number of hydrogen-bond donors (Lipinski definition) is 2. The zero-order valence-corrected chi connectivity index (χ0v) is 23.8. The molecule has 1 aromatic carbocycles. The molecule has 3 aromatic heterocycles. The number of methoxy groups -OCH3 is 1. The number of aromatic nitrogens is 4. The highest BCUT2D eigenvalue weighted by Gasteiger charge is 2.30. The fourth-order valence-electron chi connectivity index (χ4n) is 5.50. The Hall–Kier alpha value is -4.75. The number of benzene rings is 1. The van der Waals surface area contributed by atoms with Gasteiger partial charge < -0.3 is 34.6 Å². The predicted octanol–water partition coefficient (Wildman–Crippen LogP) is 2.73. The maximum atomic E-state index is 14.2. The van der Waals surface area contributed by atoms with Crippen molar-refractivity contribution in [1.82, 2.24) is 24.5 Å². The van der Waals surface area contributed by atoms with Crippen molar-refractivity contribution in [3.8, 4) is 5.88 Å². The van der Waals surface area contributed by atoms with Crippen LogP contribution in [0.4, 0.5) is 21.6 Å². The number of pyridine rings is 1. The maximum Gasteiger partial charge on any atom is 0.261 e. The zero-order chi connectivity index (χ0) is 29.9. The molecule has 2 N–H and O–H groups in total. The molecular weight excluding hydrogens is 555 g/mol. The van der Waals surface area contributed by atoms with E-state index in [1.807, 2.05) is 29.2 Å². The van der Waals surface area contributed by atoms with Gasteiger partial charge in [-0.05, 0) is 36.4 Å². The third-order valence-corrected chi connectivity index (χ3v) is 7.82. The van der Waals surface area contributed by atoms with Crippen LogP contribution in [0.5, 0.6) is 5.88 Å². The Morgan fingerprint density at radius 2 is 1.95 bits per heavy atom. The lowest BCUT2D eigenvalue weighted by atomic mass is 10.1. The number of fused-ring (bicyclic) bond motifs is 1. The molecule has 5 heterocycles. The minimum Gasteiger partial charge on any atom is -0.481 e. The molecule has 0 spiro atoms. The molecule has 0 saturated carbocycles. The van der Waals surface area contributed by atoms with Gasteiger partial charge in [0.1, 0.15) is 17.2 Å². The number of aliphatic hydroxyl groups is 1. The van der Waals surface area contributed by atoms with Gasteiger partial charge in [0.15, 0.2) is 5.65 Å². The van der Waals surface area contributed by atoms with Crippen LogP contribution in [0.15, 0.2) is 67.3 Å². The van der Waals surface area contributed by atoms with Gasteiger partial charge in [0.2, 0.25) is 5.88 Å². The minimum absolute atomic E-state index is 0.0342. The van der Waals surface area contributed by atoms with Gasteiger partial charge in [-0.2, -0.15) is 5.10 Å². The number of piperazine rings is 1. The quantitative estimate of drug-likeness (QED) is 0.318. The second kappa shape index (κ2) is 12.2. The van der Waals surface area contributed by atoms with Gasteiger partial charge in [-0.25, -0.2) is 18.9 Å². The largest absolute Gasteiger partial charge is 0.481 e. The Morgan fingerprint density at radius 1 is 1.16 bits per heavy atom. The minimum atomic E-state index is -0.473. The van der Waals surface area contributed by atoms with E-state index in [1.54, 1.807) is 16.8 Å². The Balaban J connectivity index is 1.19. The fraction of sp³-hybridized carbons (Fsp3) is 0.333.